The maximum absolute atomic E-state index is 12.2. The normalized spacial score (nSPS) is 32.0. The van der Waals surface area contributed by atoms with Gasteiger partial charge in [0.1, 0.15) is 5.60 Å². The number of hydrogen-bond donors (Lipinski definition) is 0. The zero-order valence-electron chi connectivity index (χ0n) is 14.6. The molecule has 0 N–H and O–H groups in total. The van der Waals surface area contributed by atoms with Crippen LogP contribution in [-0.2, 0) is 4.74 Å². The van der Waals surface area contributed by atoms with Gasteiger partial charge in [0.2, 0.25) is 0 Å². The third-order valence-electron chi connectivity index (χ3n) is 5.81. The van der Waals surface area contributed by atoms with E-state index in [1.54, 1.807) is 0 Å². The van der Waals surface area contributed by atoms with Crippen LogP contribution in [0.4, 0.5) is 4.79 Å². The summed E-state index contributed by atoms with van der Waals surface area (Å²) in [7, 11) is -1.13. The standard InChI is InChI=1S/C17H33NO2Si/c1-14-8-6-7-13-21(14,5)15-9-11-18(12-10-15)16(19)20-17(2,3)4/h14-15H,6-13H2,1-5H3. The molecule has 0 spiro atoms. The number of carbonyl (C=O) groups excluding carboxylic acids is 1. The van der Waals surface area contributed by atoms with Gasteiger partial charge in [-0.1, -0.05) is 38.8 Å². The van der Waals surface area contributed by atoms with Gasteiger partial charge in [0.25, 0.3) is 0 Å². The maximum atomic E-state index is 12.2. The van der Waals surface area contributed by atoms with E-state index in [0.717, 1.165) is 24.2 Å². The van der Waals surface area contributed by atoms with Gasteiger partial charge >= 0.3 is 6.09 Å². The lowest BCUT2D eigenvalue weighted by Gasteiger charge is -2.47. The first-order chi connectivity index (χ1) is 9.72. The van der Waals surface area contributed by atoms with Gasteiger partial charge in [-0.05, 0) is 44.7 Å². The minimum Gasteiger partial charge on any atom is -0.444 e. The molecule has 0 aromatic rings. The average molecular weight is 312 g/mol. The largest absolute Gasteiger partial charge is 0.444 e. The van der Waals surface area contributed by atoms with Crippen LogP contribution in [0.15, 0.2) is 0 Å². The molecule has 2 atom stereocenters. The van der Waals surface area contributed by atoms with Gasteiger partial charge in [0.05, 0.1) is 8.07 Å². The third-order valence-corrected chi connectivity index (χ3v) is 12.2. The molecule has 122 valence electrons. The number of nitrogens with zero attached hydrogens (tertiary/aromatic N) is 1. The van der Waals surface area contributed by atoms with E-state index in [4.69, 9.17) is 4.74 Å². The van der Waals surface area contributed by atoms with Crippen LogP contribution >= 0.6 is 0 Å². The monoisotopic (exact) mass is 311 g/mol. The smallest absolute Gasteiger partial charge is 0.410 e. The van der Waals surface area contributed by atoms with Gasteiger partial charge in [-0.2, -0.15) is 0 Å². The van der Waals surface area contributed by atoms with E-state index in [2.05, 4.69) is 13.5 Å². The first-order valence-electron chi connectivity index (χ1n) is 8.70. The SMILES string of the molecule is CC1CCCC[Si]1(C)C1CCN(C(=O)OC(C)(C)C)CC1. The Morgan fingerprint density at radius 2 is 1.76 bits per heavy atom. The van der Waals surface area contributed by atoms with Crippen LogP contribution in [0, 0.1) is 0 Å². The zero-order chi connectivity index (χ0) is 15.7. The van der Waals surface area contributed by atoms with Crippen LogP contribution in [0.25, 0.3) is 0 Å². The van der Waals surface area contributed by atoms with Crippen LogP contribution in [0.1, 0.15) is 59.8 Å². The lowest BCUT2D eigenvalue weighted by molar-refractivity contribution is 0.0214. The summed E-state index contributed by atoms with van der Waals surface area (Å²) in [5.41, 5.74) is 1.49. The Labute approximate surface area is 131 Å². The topological polar surface area (TPSA) is 29.5 Å². The van der Waals surface area contributed by atoms with Gasteiger partial charge in [0, 0.05) is 13.1 Å². The Kier molecular flexibility index (Phi) is 5.06. The van der Waals surface area contributed by atoms with Gasteiger partial charge in [0.15, 0.2) is 0 Å². The second-order valence-corrected chi connectivity index (χ2v) is 13.7. The van der Waals surface area contributed by atoms with Crippen molar-refractivity contribution in [1.29, 1.82) is 0 Å². The molecular weight excluding hydrogens is 278 g/mol. The van der Waals surface area contributed by atoms with Crippen molar-refractivity contribution >= 4 is 14.2 Å². The molecule has 2 fully saturated rings. The number of rotatable bonds is 1. The first kappa shape index (κ1) is 16.9. The van der Waals surface area contributed by atoms with Crippen LogP contribution in [-0.4, -0.2) is 37.8 Å². The molecule has 2 aliphatic rings. The van der Waals surface area contributed by atoms with Gasteiger partial charge < -0.3 is 9.64 Å². The van der Waals surface area contributed by atoms with E-state index < -0.39 is 8.07 Å². The molecule has 0 saturated carbocycles. The fraction of sp³-hybridized carbons (Fsp3) is 0.941. The molecule has 2 unspecified atom stereocenters. The molecule has 0 aromatic carbocycles. The molecule has 2 saturated heterocycles. The number of hydrogen-bond acceptors (Lipinski definition) is 2. The highest BCUT2D eigenvalue weighted by atomic mass is 28.3. The predicted molar refractivity (Wildman–Crippen MR) is 90.5 cm³/mol. The van der Waals surface area contributed by atoms with E-state index in [0.29, 0.717) is 0 Å². The van der Waals surface area contributed by atoms with Crippen molar-refractivity contribution in [1.82, 2.24) is 4.90 Å². The lowest BCUT2D eigenvalue weighted by Crippen LogP contribution is -2.49. The summed E-state index contributed by atoms with van der Waals surface area (Å²) in [4.78, 5) is 14.1. The molecule has 1 amide bonds. The van der Waals surface area contributed by atoms with Gasteiger partial charge in [-0.25, -0.2) is 4.79 Å². The summed E-state index contributed by atoms with van der Waals surface area (Å²) in [5.74, 6) is 0. The van der Waals surface area contributed by atoms with Gasteiger partial charge in [-0.15, -0.1) is 0 Å². The molecule has 0 aliphatic carbocycles. The van der Waals surface area contributed by atoms with Crippen molar-refractivity contribution in [2.45, 2.75) is 89.1 Å². The minimum absolute atomic E-state index is 0.121. The van der Waals surface area contributed by atoms with Crippen molar-refractivity contribution in [3.05, 3.63) is 0 Å². The fourth-order valence-electron chi connectivity index (χ4n) is 4.19. The summed E-state index contributed by atoms with van der Waals surface area (Å²) in [6, 6.07) is 1.51. The summed E-state index contributed by atoms with van der Waals surface area (Å²) < 4.78 is 5.50. The summed E-state index contributed by atoms with van der Waals surface area (Å²) in [6.07, 6.45) is 6.59. The van der Waals surface area contributed by atoms with Crippen LogP contribution in [0.5, 0.6) is 0 Å². The van der Waals surface area contributed by atoms with Gasteiger partial charge in [-0.3, -0.25) is 0 Å². The third kappa shape index (κ3) is 4.02. The predicted octanol–water partition coefficient (Wildman–Crippen LogP) is 5.04. The molecule has 3 nitrogen and oxygen atoms in total. The highest BCUT2D eigenvalue weighted by molar-refractivity contribution is 6.81. The Morgan fingerprint density at radius 1 is 1.14 bits per heavy atom. The molecule has 4 heteroatoms. The Hall–Kier alpha value is -0.513. The summed E-state index contributed by atoms with van der Waals surface area (Å²) >= 11 is 0. The number of carbonyl (C=O) groups is 1. The molecule has 0 bridgehead atoms. The minimum atomic E-state index is -1.13. The number of amides is 1. The summed E-state index contributed by atoms with van der Waals surface area (Å²) in [5, 5.41) is 0. The summed E-state index contributed by atoms with van der Waals surface area (Å²) in [6.45, 7) is 12.7. The van der Waals surface area contributed by atoms with Crippen molar-refractivity contribution < 1.29 is 9.53 Å². The van der Waals surface area contributed by atoms with E-state index in [1.807, 2.05) is 25.7 Å². The van der Waals surface area contributed by atoms with Crippen LogP contribution in [0.2, 0.25) is 23.7 Å². The number of ether oxygens (including phenoxy) is 1. The Bertz CT molecular complexity index is 371. The van der Waals surface area contributed by atoms with E-state index in [9.17, 15) is 4.79 Å². The quantitative estimate of drug-likeness (QED) is 0.635. The molecule has 0 radical (unpaired) electrons. The molecule has 0 aromatic heterocycles. The van der Waals surface area contributed by atoms with Crippen LogP contribution < -0.4 is 0 Å². The molecule has 21 heavy (non-hydrogen) atoms. The maximum Gasteiger partial charge on any atom is 0.410 e. The van der Waals surface area contributed by atoms with Crippen molar-refractivity contribution in [3.8, 4) is 0 Å². The molecule has 2 heterocycles. The van der Waals surface area contributed by atoms with Crippen LogP contribution in [0.3, 0.4) is 0 Å². The van der Waals surface area contributed by atoms with E-state index >= 15 is 0 Å². The van der Waals surface area contributed by atoms with E-state index in [1.165, 1.54) is 38.1 Å². The highest BCUT2D eigenvalue weighted by Crippen LogP contribution is 2.48. The van der Waals surface area contributed by atoms with Crippen molar-refractivity contribution in [2.24, 2.45) is 0 Å². The molecular formula is C17H33NO2Si. The Balaban J connectivity index is 1.89. The second kappa shape index (κ2) is 6.31. The highest BCUT2D eigenvalue weighted by Gasteiger charge is 2.44. The first-order valence-corrected chi connectivity index (χ1v) is 11.6. The van der Waals surface area contributed by atoms with Crippen molar-refractivity contribution in [2.75, 3.05) is 13.1 Å². The molecule has 2 aliphatic heterocycles. The number of likely N-dealkylation sites (tertiary alicyclic amines) is 1. The Morgan fingerprint density at radius 3 is 2.29 bits per heavy atom. The zero-order valence-corrected chi connectivity index (χ0v) is 15.6. The molecule has 2 rings (SSSR count). The van der Waals surface area contributed by atoms with E-state index in [-0.39, 0.29) is 11.7 Å². The lowest BCUT2D eigenvalue weighted by atomic mass is 10.1. The average Bonchev–Trinajstić information content (AvgIpc) is 2.40. The fourth-order valence-corrected chi connectivity index (χ4v) is 9.35. The van der Waals surface area contributed by atoms with Crippen molar-refractivity contribution in [3.63, 3.8) is 0 Å². The second-order valence-electron chi connectivity index (χ2n) is 8.39. The number of piperidine rings is 1.